The molecule has 3 rings (SSSR count). The number of hydrogen-bond donors (Lipinski definition) is 0. The first kappa shape index (κ1) is 18.4. The van der Waals surface area contributed by atoms with Gasteiger partial charge in [0.25, 0.3) is 0 Å². The summed E-state index contributed by atoms with van der Waals surface area (Å²) in [6.07, 6.45) is 8.15. The highest BCUT2D eigenvalue weighted by Crippen LogP contribution is 2.37. The van der Waals surface area contributed by atoms with E-state index in [0.29, 0.717) is 0 Å². The third-order valence-electron chi connectivity index (χ3n) is 4.37. The quantitative estimate of drug-likeness (QED) is 0.323. The summed E-state index contributed by atoms with van der Waals surface area (Å²) in [6, 6.07) is 31.7. The minimum atomic E-state index is 1.14. The summed E-state index contributed by atoms with van der Waals surface area (Å²) in [5, 5.41) is 0. The highest BCUT2D eigenvalue weighted by Gasteiger charge is 2.15. The second kappa shape index (κ2) is 9.35. The largest absolute Gasteiger partial charge is 0.0990 e. The second-order valence-corrected chi connectivity index (χ2v) is 6.21. The van der Waals surface area contributed by atoms with E-state index in [1.165, 1.54) is 27.8 Å². The first-order valence-corrected chi connectivity index (χ1v) is 9.21. The van der Waals surface area contributed by atoms with Crippen molar-refractivity contribution in [3.8, 4) is 0 Å². The van der Waals surface area contributed by atoms with Crippen LogP contribution in [0.2, 0.25) is 0 Å². The first-order valence-electron chi connectivity index (χ1n) is 9.21. The van der Waals surface area contributed by atoms with Gasteiger partial charge in [-0.05, 0) is 40.3 Å². The normalized spacial score (nSPS) is 11.4. The van der Waals surface area contributed by atoms with E-state index < -0.39 is 0 Å². The predicted octanol–water partition coefficient (Wildman–Crippen LogP) is 7.33. The van der Waals surface area contributed by atoms with Crippen LogP contribution in [-0.2, 0) is 0 Å². The van der Waals surface area contributed by atoms with E-state index in [1.54, 1.807) is 0 Å². The Morgan fingerprint density at radius 2 is 1.11 bits per heavy atom. The lowest BCUT2D eigenvalue weighted by molar-refractivity contribution is 1.51. The molecule has 0 atom stereocenters. The minimum Gasteiger partial charge on any atom is -0.0990 e. The van der Waals surface area contributed by atoms with E-state index in [-0.39, 0.29) is 0 Å². The summed E-state index contributed by atoms with van der Waals surface area (Å²) >= 11 is 0. The molecule has 0 aromatic heterocycles. The molecule has 3 aromatic carbocycles. The molecule has 0 heterocycles. The molecule has 0 spiro atoms. The standard InChI is InChI=1S/C27H24/c1-3-14-22(15-4-2)26(23-16-8-5-9-17-23)27(24-18-10-6-11-19-24)25-20-12-7-13-21-25/h3-21H,1H2,2H3/b15-4-,22-14+. The molecule has 0 saturated carbocycles. The van der Waals surface area contributed by atoms with Gasteiger partial charge in [0.05, 0.1) is 0 Å². The fraction of sp³-hybridized carbons (Fsp3) is 0.0370. The average molecular weight is 348 g/mol. The van der Waals surface area contributed by atoms with Crippen molar-refractivity contribution in [1.82, 2.24) is 0 Å². The monoisotopic (exact) mass is 348 g/mol. The van der Waals surface area contributed by atoms with Crippen LogP contribution in [0.4, 0.5) is 0 Å². The lowest BCUT2D eigenvalue weighted by Crippen LogP contribution is -1.97. The summed E-state index contributed by atoms with van der Waals surface area (Å²) in [4.78, 5) is 0. The average Bonchev–Trinajstić information content (AvgIpc) is 2.74. The summed E-state index contributed by atoms with van der Waals surface area (Å²) in [5.74, 6) is 0. The van der Waals surface area contributed by atoms with E-state index >= 15 is 0 Å². The zero-order chi connectivity index (χ0) is 18.9. The molecule has 0 aliphatic carbocycles. The third kappa shape index (κ3) is 4.43. The third-order valence-corrected chi connectivity index (χ3v) is 4.37. The van der Waals surface area contributed by atoms with Gasteiger partial charge in [0.2, 0.25) is 0 Å². The Morgan fingerprint density at radius 1 is 0.667 bits per heavy atom. The molecule has 0 amide bonds. The molecule has 0 saturated heterocycles. The van der Waals surface area contributed by atoms with Crippen molar-refractivity contribution in [3.63, 3.8) is 0 Å². The molecule has 3 aromatic rings. The Kier molecular flexibility index (Phi) is 6.38. The summed E-state index contributed by atoms with van der Waals surface area (Å²) in [5.41, 5.74) is 7.14. The maximum atomic E-state index is 3.93. The molecule has 0 radical (unpaired) electrons. The number of rotatable bonds is 6. The van der Waals surface area contributed by atoms with Crippen molar-refractivity contribution < 1.29 is 0 Å². The van der Waals surface area contributed by atoms with Crippen LogP contribution in [0, 0.1) is 0 Å². The van der Waals surface area contributed by atoms with Gasteiger partial charge in [-0.15, -0.1) is 0 Å². The van der Waals surface area contributed by atoms with Gasteiger partial charge in [-0.2, -0.15) is 0 Å². The van der Waals surface area contributed by atoms with Crippen molar-refractivity contribution in [3.05, 3.63) is 144 Å². The molecule has 0 nitrogen and oxygen atoms in total. The smallest absolute Gasteiger partial charge is 0.00268 e. The number of hydrogen-bond acceptors (Lipinski definition) is 0. The van der Waals surface area contributed by atoms with Crippen LogP contribution >= 0.6 is 0 Å². The second-order valence-electron chi connectivity index (χ2n) is 6.21. The Morgan fingerprint density at radius 3 is 1.52 bits per heavy atom. The van der Waals surface area contributed by atoms with E-state index in [1.807, 2.05) is 13.0 Å². The van der Waals surface area contributed by atoms with Gasteiger partial charge < -0.3 is 0 Å². The molecule has 0 fully saturated rings. The zero-order valence-corrected chi connectivity index (χ0v) is 15.7. The van der Waals surface area contributed by atoms with Gasteiger partial charge in [-0.1, -0.05) is 122 Å². The van der Waals surface area contributed by atoms with Crippen LogP contribution < -0.4 is 0 Å². The van der Waals surface area contributed by atoms with Crippen LogP contribution in [0.15, 0.2) is 127 Å². The van der Waals surface area contributed by atoms with E-state index in [4.69, 9.17) is 0 Å². The van der Waals surface area contributed by atoms with Crippen molar-refractivity contribution in [2.24, 2.45) is 0 Å². The number of benzene rings is 3. The van der Waals surface area contributed by atoms with Crippen LogP contribution in [0.25, 0.3) is 11.1 Å². The summed E-state index contributed by atoms with van der Waals surface area (Å²) in [7, 11) is 0. The van der Waals surface area contributed by atoms with Crippen LogP contribution in [0.1, 0.15) is 23.6 Å². The number of allylic oxidation sites excluding steroid dienone is 6. The van der Waals surface area contributed by atoms with E-state index in [9.17, 15) is 0 Å². The van der Waals surface area contributed by atoms with Crippen molar-refractivity contribution in [2.75, 3.05) is 0 Å². The summed E-state index contributed by atoms with van der Waals surface area (Å²) < 4.78 is 0. The van der Waals surface area contributed by atoms with Crippen LogP contribution in [0.3, 0.4) is 0 Å². The molecule has 0 aliphatic rings. The minimum absolute atomic E-state index is 1.14. The summed E-state index contributed by atoms with van der Waals surface area (Å²) in [6.45, 7) is 5.98. The molecular formula is C27H24. The molecule has 0 unspecified atom stereocenters. The molecule has 0 N–H and O–H groups in total. The lowest BCUT2D eigenvalue weighted by atomic mass is 9.85. The molecule has 0 aliphatic heterocycles. The van der Waals surface area contributed by atoms with Crippen molar-refractivity contribution in [1.29, 1.82) is 0 Å². The van der Waals surface area contributed by atoms with Crippen LogP contribution in [-0.4, -0.2) is 0 Å². The Labute approximate surface area is 162 Å². The fourth-order valence-corrected chi connectivity index (χ4v) is 3.25. The SMILES string of the molecule is C=C/C=C(\C=C/C)C(=C(c1ccccc1)c1ccccc1)c1ccccc1. The molecular weight excluding hydrogens is 324 g/mol. The van der Waals surface area contributed by atoms with Crippen molar-refractivity contribution in [2.45, 2.75) is 6.92 Å². The van der Waals surface area contributed by atoms with Gasteiger partial charge >= 0.3 is 0 Å². The van der Waals surface area contributed by atoms with Gasteiger partial charge in [0, 0.05) is 0 Å². The van der Waals surface area contributed by atoms with E-state index in [0.717, 1.165) is 5.57 Å². The topological polar surface area (TPSA) is 0 Å². The van der Waals surface area contributed by atoms with Gasteiger partial charge in [0.1, 0.15) is 0 Å². The maximum absolute atomic E-state index is 3.93. The molecule has 132 valence electrons. The molecule has 0 heteroatoms. The Bertz CT molecular complexity index is 915. The van der Waals surface area contributed by atoms with Crippen molar-refractivity contribution >= 4 is 11.1 Å². The zero-order valence-electron chi connectivity index (χ0n) is 15.7. The predicted molar refractivity (Wildman–Crippen MR) is 118 cm³/mol. The van der Waals surface area contributed by atoms with Crippen LogP contribution in [0.5, 0.6) is 0 Å². The maximum Gasteiger partial charge on any atom is -0.00268 e. The first-order chi connectivity index (χ1) is 13.3. The Balaban J connectivity index is 2.43. The molecule has 0 bridgehead atoms. The van der Waals surface area contributed by atoms with Gasteiger partial charge in [-0.25, -0.2) is 0 Å². The van der Waals surface area contributed by atoms with E-state index in [2.05, 4.69) is 116 Å². The highest BCUT2D eigenvalue weighted by molar-refractivity contribution is 6.05. The Hall–Kier alpha value is -3.38. The lowest BCUT2D eigenvalue weighted by Gasteiger charge is -2.18. The van der Waals surface area contributed by atoms with Gasteiger partial charge in [-0.3, -0.25) is 0 Å². The van der Waals surface area contributed by atoms with Gasteiger partial charge in [0.15, 0.2) is 0 Å². The fourth-order valence-electron chi connectivity index (χ4n) is 3.25. The highest BCUT2D eigenvalue weighted by atomic mass is 14.2. The molecule has 27 heavy (non-hydrogen) atoms.